The monoisotopic (exact) mass is 837 g/mol. The number of rotatable bonds is 16. The van der Waals surface area contributed by atoms with Crippen LogP contribution in [0.25, 0.3) is 6.08 Å². The van der Waals surface area contributed by atoms with Crippen molar-refractivity contribution < 1.29 is 51.2 Å². The molecule has 3 atom stereocenters. The number of allylic oxidation sites excluding steroid dienone is 2. The number of benzene rings is 2. The zero-order chi connectivity index (χ0) is 42.4. The number of nitriles is 2. The summed E-state index contributed by atoms with van der Waals surface area (Å²) in [7, 11) is 0. The first-order chi connectivity index (χ1) is 28.4. The first kappa shape index (κ1) is 44.4. The molecule has 3 aromatic rings. The Labute approximate surface area is 342 Å². The normalized spacial score (nSPS) is 19.3. The molecule has 15 nitrogen and oxygen atoms in total. The third kappa shape index (κ3) is 12.6. The first-order valence-corrected chi connectivity index (χ1v) is 19.5. The second-order valence-electron chi connectivity index (χ2n) is 13.5. The zero-order valence-electron chi connectivity index (χ0n) is 32.2. The molecule has 2 aliphatic heterocycles. The highest BCUT2D eigenvalue weighted by Gasteiger charge is 2.47. The van der Waals surface area contributed by atoms with Crippen LogP contribution in [0.3, 0.4) is 0 Å². The minimum Gasteiger partial charge on any atom is -0.425 e. The summed E-state index contributed by atoms with van der Waals surface area (Å²) < 4.78 is 73.8. The molecule has 1 amide bonds. The minimum absolute atomic E-state index is 0.141. The number of thioether (sulfide) groups is 1. The maximum Gasteiger partial charge on any atom is 0.512 e. The third-order valence-corrected chi connectivity index (χ3v) is 10.8. The number of piperazine rings is 1. The highest BCUT2D eigenvalue weighted by Crippen LogP contribution is 2.42. The van der Waals surface area contributed by atoms with Crippen LogP contribution in [-0.4, -0.2) is 112 Å². The van der Waals surface area contributed by atoms with E-state index in [1.54, 1.807) is 30.1 Å². The van der Waals surface area contributed by atoms with Crippen molar-refractivity contribution in [1.82, 2.24) is 24.6 Å². The lowest BCUT2D eigenvalue weighted by Crippen LogP contribution is -2.48. The van der Waals surface area contributed by atoms with E-state index in [0.717, 1.165) is 18.2 Å². The molecule has 2 aromatic carbocycles. The maximum atomic E-state index is 15.8. The summed E-state index contributed by atoms with van der Waals surface area (Å²) in [4.78, 5) is 46.3. The Bertz CT molecular complexity index is 2060. The van der Waals surface area contributed by atoms with Crippen molar-refractivity contribution in [2.24, 2.45) is 0 Å². The SMILES string of the molecule is CC(OC(=O)CCC(=O)N1CCN(CC#N)CC1)OC(=O)O[C@@](Cn1cncn1)(c1ccc(F)cc1F)[C@@H](C)SC1COC(/C=C/C=C/c2ccc(C#N)cc2F)OC1. The predicted octanol–water partition coefficient (Wildman–Crippen LogP) is 5.09. The van der Waals surface area contributed by atoms with Gasteiger partial charge in [-0.15, -0.1) is 11.8 Å². The lowest BCUT2D eigenvalue weighted by atomic mass is 9.89. The summed E-state index contributed by atoms with van der Waals surface area (Å²) >= 11 is 1.24. The van der Waals surface area contributed by atoms with E-state index in [2.05, 4.69) is 16.2 Å². The second-order valence-corrected chi connectivity index (χ2v) is 15.1. The van der Waals surface area contributed by atoms with E-state index in [-0.39, 0.29) is 61.4 Å². The van der Waals surface area contributed by atoms with Gasteiger partial charge in [-0.1, -0.05) is 24.3 Å². The fourth-order valence-electron chi connectivity index (χ4n) is 6.32. The smallest absolute Gasteiger partial charge is 0.425 e. The molecule has 5 rings (SSSR count). The molecular weight excluding hydrogens is 796 g/mol. The highest BCUT2D eigenvalue weighted by molar-refractivity contribution is 8.00. The summed E-state index contributed by atoms with van der Waals surface area (Å²) in [5.41, 5.74) is -1.63. The Morgan fingerprint density at radius 2 is 1.76 bits per heavy atom. The van der Waals surface area contributed by atoms with E-state index in [9.17, 15) is 23.2 Å². The zero-order valence-corrected chi connectivity index (χ0v) is 33.1. The number of hydrogen-bond acceptors (Lipinski definition) is 14. The molecular formula is C40H42F3N7O8S. The van der Waals surface area contributed by atoms with Gasteiger partial charge in [0.15, 0.2) is 11.9 Å². The van der Waals surface area contributed by atoms with Crippen molar-refractivity contribution in [2.75, 3.05) is 45.9 Å². The topological polar surface area (TPSA) is 182 Å². The van der Waals surface area contributed by atoms with Gasteiger partial charge in [0, 0.05) is 62.0 Å². The molecule has 1 unspecified atom stereocenters. The Balaban J connectivity index is 1.22. The van der Waals surface area contributed by atoms with Crippen LogP contribution in [-0.2, 0) is 45.4 Å². The van der Waals surface area contributed by atoms with Crippen molar-refractivity contribution in [3.8, 4) is 12.1 Å². The first-order valence-electron chi connectivity index (χ1n) is 18.6. The van der Waals surface area contributed by atoms with Gasteiger partial charge in [-0.25, -0.2) is 27.6 Å². The number of carbonyl (C=O) groups is 3. The van der Waals surface area contributed by atoms with Gasteiger partial charge < -0.3 is 28.6 Å². The average Bonchev–Trinajstić information content (AvgIpc) is 3.72. The molecule has 0 spiro atoms. The molecule has 3 heterocycles. The lowest BCUT2D eigenvalue weighted by molar-refractivity contribution is -0.172. The van der Waals surface area contributed by atoms with Gasteiger partial charge in [0.25, 0.3) is 0 Å². The highest BCUT2D eigenvalue weighted by atomic mass is 32.2. The van der Waals surface area contributed by atoms with Gasteiger partial charge in [-0.05, 0) is 37.3 Å². The molecule has 59 heavy (non-hydrogen) atoms. The van der Waals surface area contributed by atoms with Crippen LogP contribution in [0, 0.1) is 40.1 Å². The van der Waals surface area contributed by atoms with Gasteiger partial charge in [0.1, 0.15) is 30.1 Å². The summed E-state index contributed by atoms with van der Waals surface area (Å²) in [6, 6.07) is 10.9. The molecule has 2 fully saturated rings. The molecule has 2 saturated heterocycles. The van der Waals surface area contributed by atoms with Gasteiger partial charge in [0.05, 0.1) is 55.7 Å². The number of aromatic nitrogens is 3. The summed E-state index contributed by atoms with van der Waals surface area (Å²) in [5, 5.41) is 20.7. The molecule has 19 heteroatoms. The Hall–Kier alpha value is -5.73. The number of hydrogen-bond donors (Lipinski definition) is 0. The van der Waals surface area contributed by atoms with Crippen LogP contribution in [0.1, 0.15) is 43.4 Å². The van der Waals surface area contributed by atoms with Gasteiger partial charge in [-0.3, -0.25) is 14.5 Å². The molecule has 0 saturated carbocycles. The number of esters is 1. The fourth-order valence-corrected chi connectivity index (χ4v) is 7.69. The number of ether oxygens (including phenoxy) is 5. The fraction of sp³-hybridized carbons (Fsp3) is 0.425. The van der Waals surface area contributed by atoms with Gasteiger partial charge in [0.2, 0.25) is 12.2 Å². The average molecular weight is 838 g/mol. The largest absolute Gasteiger partial charge is 0.512 e. The van der Waals surface area contributed by atoms with Crippen molar-refractivity contribution >= 4 is 35.9 Å². The molecule has 312 valence electrons. The van der Waals surface area contributed by atoms with E-state index in [0.29, 0.717) is 37.8 Å². The predicted molar refractivity (Wildman–Crippen MR) is 205 cm³/mol. The summed E-state index contributed by atoms with van der Waals surface area (Å²) in [6.45, 7) is 5.15. The van der Waals surface area contributed by atoms with Crippen LogP contribution in [0.15, 0.2) is 67.3 Å². The van der Waals surface area contributed by atoms with E-state index in [1.165, 1.54) is 54.2 Å². The Morgan fingerprint density at radius 3 is 2.42 bits per heavy atom. The third-order valence-electron chi connectivity index (χ3n) is 9.37. The van der Waals surface area contributed by atoms with Crippen molar-refractivity contribution in [3.05, 3.63) is 101 Å². The second kappa shape index (κ2) is 21.3. The Kier molecular flexibility index (Phi) is 16.0. The van der Waals surface area contributed by atoms with Gasteiger partial charge >= 0.3 is 12.1 Å². The van der Waals surface area contributed by atoms with E-state index in [4.69, 9.17) is 34.2 Å². The Morgan fingerprint density at radius 1 is 1.00 bits per heavy atom. The van der Waals surface area contributed by atoms with Crippen molar-refractivity contribution in [2.45, 2.75) is 61.9 Å². The molecule has 0 N–H and O–H groups in total. The van der Waals surface area contributed by atoms with E-state index < -0.39 is 53.0 Å². The van der Waals surface area contributed by atoms with Crippen LogP contribution in [0.4, 0.5) is 18.0 Å². The summed E-state index contributed by atoms with van der Waals surface area (Å²) in [5.74, 6) is -3.50. The molecule has 0 bridgehead atoms. The number of halogens is 3. The van der Waals surface area contributed by atoms with Crippen LogP contribution >= 0.6 is 11.8 Å². The molecule has 1 aromatic heterocycles. The van der Waals surface area contributed by atoms with E-state index >= 15 is 4.39 Å². The molecule has 0 aliphatic carbocycles. The van der Waals surface area contributed by atoms with Crippen molar-refractivity contribution in [1.29, 1.82) is 10.5 Å². The minimum atomic E-state index is -1.93. The maximum absolute atomic E-state index is 15.8. The standard InChI is InChI=1S/C40H42F3N7O8S/c1-27(59-32-22-54-38(55-23-32)6-4-3-5-30-8-7-29(21-45)19-34(30)42)40(24-50-26-46-25-47-50,33-10-9-31(41)20-35(33)43)58-39(53)57-28(2)56-37(52)12-11-36(51)49-17-15-48(14-13-44)16-18-49/h3-10,19-20,25-28,32,38H,11-12,14-18,22-24H2,1-2H3/b5-3+,6-4+/t27-,28?,32?,38?,40-/m1/s1. The quantitative estimate of drug-likeness (QED) is 0.0806. The summed E-state index contributed by atoms with van der Waals surface area (Å²) in [6.07, 6.45) is 4.93. The lowest BCUT2D eigenvalue weighted by Gasteiger charge is -2.40. The molecule has 2 aliphatic rings. The van der Waals surface area contributed by atoms with Crippen LogP contribution < -0.4 is 0 Å². The van der Waals surface area contributed by atoms with Crippen LogP contribution in [0.5, 0.6) is 0 Å². The number of carbonyl (C=O) groups excluding carboxylic acids is 3. The number of nitrogens with zero attached hydrogens (tertiary/aromatic N) is 7. The van der Waals surface area contributed by atoms with Crippen LogP contribution in [0.2, 0.25) is 0 Å². The molecule has 0 radical (unpaired) electrons. The van der Waals surface area contributed by atoms with E-state index in [1.807, 2.05) is 11.0 Å². The number of amides is 1. The van der Waals surface area contributed by atoms with Gasteiger partial charge in [-0.2, -0.15) is 15.6 Å². The van der Waals surface area contributed by atoms with Crippen molar-refractivity contribution in [3.63, 3.8) is 0 Å².